The second kappa shape index (κ2) is 7.75. The smallest absolute Gasteiger partial charge is 0.256 e. The highest BCUT2D eigenvalue weighted by atomic mass is 79.9. The van der Waals surface area contributed by atoms with Gasteiger partial charge < -0.3 is 14.6 Å². The fourth-order valence-corrected chi connectivity index (χ4v) is 3.76. The number of aromatic amines is 1. The summed E-state index contributed by atoms with van der Waals surface area (Å²) in [5, 5.41) is 11.3. The van der Waals surface area contributed by atoms with E-state index in [1.807, 2.05) is 31.2 Å². The molecule has 29 heavy (non-hydrogen) atoms. The van der Waals surface area contributed by atoms with Gasteiger partial charge in [-0.1, -0.05) is 22.0 Å². The van der Waals surface area contributed by atoms with Gasteiger partial charge >= 0.3 is 0 Å². The van der Waals surface area contributed by atoms with E-state index in [1.165, 1.54) is 0 Å². The van der Waals surface area contributed by atoms with Crippen molar-refractivity contribution in [2.45, 2.75) is 20.4 Å². The minimum Gasteiger partial charge on any atom is -0.497 e. The molecule has 0 atom stereocenters. The standard InChI is InChI=1S/C22H21BrN4O2/c1-4-27-19-8-7-16(29-3)9-15(19)11-20(27)18-12-21(26-25-18)24-22(28)14-6-5-13(2)17(23)10-14/h5-12H,4H2,1-3H3,(H2,24,25,26,28). The van der Waals surface area contributed by atoms with E-state index in [4.69, 9.17) is 4.74 Å². The number of nitrogens with zero attached hydrogens (tertiary/aromatic N) is 2. The van der Waals surface area contributed by atoms with Gasteiger partial charge in [-0.3, -0.25) is 9.89 Å². The number of fused-ring (bicyclic) bond motifs is 1. The highest BCUT2D eigenvalue weighted by Gasteiger charge is 2.15. The molecule has 0 bridgehead atoms. The molecule has 0 saturated heterocycles. The van der Waals surface area contributed by atoms with Crippen molar-refractivity contribution in [1.82, 2.24) is 14.8 Å². The Bertz CT molecular complexity index is 1210. The third kappa shape index (κ3) is 3.65. The molecule has 1 amide bonds. The molecule has 2 aromatic heterocycles. The van der Waals surface area contributed by atoms with Gasteiger partial charge in [0.25, 0.3) is 5.91 Å². The van der Waals surface area contributed by atoms with Crippen LogP contribution in [0.25, 0.3) is 22.3 Å². The van der Waals surface area contributed by atoms with Gasteiger partial charge in [-0.25, -0.2) is 0 Å². The first kappa shape index (κ1) is 19.3. The van der Waals surface area contributed by atoms with Crippen LogP contribution in [0.1, 0.15) is 22.8 Å². The monoisotopic (exact) mass is 452 g/mol. The Morgan fingerprint density at radius 3 is 2.76 bits per heavy atom. The van der Waals surface area contributed by atoms with Gasteiger partial charge in [0, 0.05) is 33.6 Å². The van der Waals surface area contributed by atoms with Crippen LogP contribution in [0.15, 0.2) is 53.0 Å². The fraction of sp³-hybridized carbons (Fsp3) is 0.182. The van der Waals surface area contributed by atoms with Crippen molar-refractivity contribution in [2.75, 3.05) is 12.4 Å². The summed E-state index contributed by atoms with van der Waals surface area (Å²) >= 11 is 3.46. The number of carbonyl (C=O) groups excluding carboxylic acids is 1. The Labute approximate surface area is 177 Å². The molecule has 0 spiro atoms. The second-order valence-corrected chi connectivity index (χ2v) is 7.64. The number of carbonyl (C=O) groups is 1. The SMILES string of the molecule is CCn1c(-c2cc(NC(=O)c3ccc(C)c(Br)c3)n[nH]2)cc2cc(OC)ccc21. The molecule has 0 radical (unpaired) electrons. The van der Waals surface area contributed by atoms with Gasteiger partial charge in [-0.2, -0.15) is 5.10 Å². The summed E-state index contributed by atoms with van der Waals surface area (Å²) in [5.41, 5.74) is 4.60. The van der Waals surface area contributed by atoms with Crippen molar-refractivity contribution in [3.8, 4) is 17.1 Å². The summed E-state index contributed by atoms with van der Waals surface area (Å²) in [6.07, 6.45) is 0. The molecule has 0 aliphatic rings. The summed E-state index contributed by atoms with van der Waals surface area (Å²) in [4.78, 5) is 12.6. The quantitative estimate of drug-likeness (QED) is 0.426. The summed E-state index contributed by atoms with van der Waals surface area (Å²) < 4.78 is 8.43. The average molecular weight is 453 g/mol. The molecule has 2 aromatic carbocycles. The molecular weight excluding hydrogens is 432 g/mol. The molecule has 4 aromatic rings. The lowest BCUT2D eigenvalue weighted by atomic mass is 10.1. The lowest BCUT2D eigenvalue weighted by Crippen LogP contribution is -2.12. The van der Waals surface area contributed by atoms with Crippen LogP contribution in [0.3, 0.4) is 0 Å². The number of halogens is 1. The summed E-state index contributed by atoms with van der Waals surface area (Å²) in [6, 6.07) is 15.5. The first-order chi connectivity index (χ1) is 14.0. The Kier molecular flexibility index (Phi) is 5.15. The summed E-state index contributed by atoms with van der Waals surface area (Å²) in [7, 11) is 1.66. The van der Waals surface area contributed by atoms with Crippen molar-refractivity contribution in [2.24, 2.45) is 0 Å². The molecule has 0 fully saturated rings. The number of H-pyrrole nitrogens is 1. The number of ether oxygens (including phenoxy) is 1. The van der Waals surface area contributed by atoms with Crippen molar-refractivity contribution in [3.63, 3.8) is 0 Å². The molecule has 2 heterocycles. The normalized spacial score (nSPS) is 11.0. The highest BCUT2D eigenvalue weighted by Crippen LogP contribution is 2.30. The lowest BCUT2D eigenvalue weighted by Gasteiger charge is -2.06. The van der Waals surface area contributed by atoms with E-state index in [2.05, 4.69) is 55.1 Å². The van der Waals surface area contributed by atoms with E-state index in [1.54, 1.807) is 19.2 Å². The maximum Gasteiger partial charge on any atom is 0.256 e. The maximum absolute atomic E-state index is 12.6. The molecule has 0 aliphatic heterocycles. The van der Waals surface area contributed by atoms with E-state index in [-0.39, 0.29) is 5.91 Å². The number of rotatable bonds is 5. The molecule has 4 rings (SSSR count). The molecule has 7 heteroatoms. The van der Waals surface area contributed by atoms with E-state index < -0.39 is 0 Å². The number of hydrogen-bond donors (Lipinski definition) is 2. The first-order valence-electron chi connectivity index (χ1n) is 9.30. The van der Waals surface area contributed by atoms with Gasteiger partial charge in [-0.15, -0.1) is 0 Å². The van der Waals surface area contributed by atoms with Gasteiger partial charge in [0.05, 0.1) is 18.5 Å². The van der Waals surface area contributed by atoms with Gasteiger partial charge in [0.15, 0.2) is 5.82 Å². The van der Waals surface area contributed by atoms with E-state index in [0.717, 1.165) is 44.6 Å². The molecule has 2 N–H and O–H groups in total. The fourth-order valence-electron chi connectivity index (χ4n) is 3.38. The average Bonchev–Trinajstić information content (AvgIpc) is 3.33. The van der Waals surface area contributed by atoms with Crippen molar-refractivity contribution < 1.29 is 9.53 Å². The molecule has 148 valence electrons. The number of hydrogen-bond acceptors (Lipinski definition) is 3. The van der Waals surface area contributed by atoms with E-state index >= 15 is 0 Å². The molecule has 0 aliphatic carbocycles. The number of aryl methyl sites for hydroxylation is 2. The zero-order valence-corrected chi connectivity index (χ0v) is 18.0. The minimum atomic E-state index is -0.204. The van der Waals surface area contributed by atoms with E-state index in [9.17, 15) is 4.79 Å². The second-order valence-electron chi connectivity index (χ2n) is 6.78. The van der Waals surface area contributed by atoms with Crippen molar-refractivity contribution in [1.29, 1.82) is 0 Å². The van der Waals surface area contributed by atoms with Gasteiger partial charge in [-0.05, 0) is 55.8 Å². The van der Waals surface area contributed by atoms with Gasteiger partial charge in [0.2, 0.25) is 0 Å². The third-order valence-corrected chi connectivity index (χ3v) is 5.81. The van der Waals surface area contributed by atoms with Crippen LogP contribution in [-0.2, 0) is 6.54 Å². The molecule has 0 saturated carbocycles. The number of methoxy groups -OCH3 is 1. The van der Waals surface area contributed by atoms with Crippen LogP contribution in [0.4, 0.5) is 5.82 Å². The summed E-state index contributed by atoms with van der Waals surface area (Å²) in [5.74, 6) is 1.09. The van der Waals surface area contributed by atoms with Gasteiger partial charge in [0.1, 0.15) is 5.75 Å². The number of nitrogens with one attached hydrogen (secondary N) is 2. The number of anilines is 1. The van der Waals surface area contributed by atoms with Crippen LogP contribution in [0.5, 0.6) is 5.75 Å². The van der Waals surface area contributed by atoms with Crippen molar-refractivity contribution in [3.05, 3.63) is 64.1 Å². The predicted octanol–water partition coefficient (Wildman–Crippen LogP) is 5.38. The largest absolute Gasteiger partial charge is 0.497 e. The minimum absolute atomic E-state index is 0.204. The topological polar surface area (TPSA) is 71.9 Å². The number of aromatic nitrogens is 3. The van der Waals surface area contributed by atoms with Crippen LogP contribution in [0, 0.1) is 6.92 Å². The molecule has 0 unspecified atom stereocenters. The van der Waals surface area contributed by atoms with Crippen LogP contribution in [-0.4, -0.2) is 27.8 Å². The lowest BCUT2D eigenvalue weighted by molar-refractivity contribution is 0.102. The third-order valence-electron chi connectivity index (χ3n) is 4.95. The van der Waals surface area contributed by atoms with Crippen LogP contribution in [0.2, 0.25) is 0 Å². The maximum atomic E-state index is 12.6. The molecular formula is C22H21BrN4O2. The summed E-state index contributed by atoms with van der Waals surface area (Å²) in [6.45, 7) is 4.89. The van der Waals surface area contributed by atoms with E-state index in [0.29, 0.717) is 11.4 Å². The zero-order chi connectivity index (χ0) is 20.5. The zero-order valence-electron chi connectivity index (χ0n) is 16.4. The number of amides is 1. The highest BCUT2D eigenvalue weighted by molar-refractivity contribution is 9.10. The first-order valence-corrected chi connectivity index (χ1v) is 10.1. The number of benzene rings is 2. The predicted molar refractivity (Wildman–Crippen MR) is 119 cm³/mol. The Balaban J connectivity index is 1.63. The van der Waals surface area contributed by atoms with Crippen LogP contribution < -0.4 is 10.1 Å². The van der Waals surface area contributed by atoms with Crippen molar-refractivity contribution >= 4 is 38.6 Å². The Morgan fingerprint density at radius 2 is 2.03 bits per heavy atom. The molecule has 6 nitrogen and oxygen atoms in total. The van der Waals surface area contributed by atoms with Crippen LogP contribution >= 0.6 is 15.9 Å². The Morgan fingerprint density at radius 1 is 1.21 bits per heavy atom. The Hall–Kier alpha value is -3.06.